The summed E-state index contributed by atoms with van der Waals surface area (Å²) < 4.78 is 135. The maximum Gasteiger partial charge on any atom is 0.320 e. The molecule has 9 aromatic carbocycles. The molecule has 0 spiro atoms. The first kappa shape index (κ1) is 74.3. The Morgan fingerprint density at radius 1 is 0.407 bits per heavy atom. The van der Waals surface area contributed by atoms with E-state index in [0.717, 1.165) is 56.7 Å². The van der Waals surface area contributed by atoms with Crippen LogP contribution in [0.5, 0.6) is 17.2 Å². The molecule has 4 aliphatic heterocycles. The monoisotopic (exact) mass is 1500 g/mol. The third-order valence-corrected chi connectivity index (χ3v) is 33.1. The van der Waals surface area contributed by atoms with Crippen molar-refractivity contribution in [3.05, 3.63) is 282 Å². The number of methoxy groups -OCH3 is 1. The summed E-state index contributed by atoms with van der Waals surface area (Å²) in [5.41, 5.74) is 2.99. The van der Waals surface area contributed by atoms with E-state index in [2.05, 4.69) is 90.1 Å². The van der Waals surface area contributed by atoms with Gasteiger partial charge in [-0.3, -0.25) is 0 Å². The van der Waals surface area contributed by atoms with Gasteiger partial charge >= 0.3 is 16.6 Å². The van der Waals surface area contributed by atoms with Crippen LogP contribution in [0.25, 0.3) is 0 Å². The van der Waals surface area contributed by atoms with Crippen molar-refractivity contribution in [1.82, 2.24) is 0 Å². The average Bonchev–Trinajstić information content (AvgIpc) is 0.752. The Balaban J connectivity index is 0.775. The number of fused-ring (bicyclic) bond motifs is 2. The lowest BCUT2D eigenvalue weighted by molar-refractivity contribution is -0.422. The summed E-state index contributed by atoms with van der Waals surface area (Å²) in [7, 11) is -4.87. The van der Waals surface area contributed by atoms with Crippen LogP contribution >= 0.6 is 0 Å². The van der Waals surface area contributed by atoms with Crippen LogP contribution in [-0.2, 0) is 71.9 Å². The first-order valence-electron chi connectivity index (χ1n) is 38.3. The summed E-state index contributed by atoms with van der Waals surface area (Å²) in [5, 5.41) is 3.22. The Morgan fingerprint density at radius 2 is 0.769 bits per heavy atom. The van der Waals surface area contributed by atoms with Gasteiger partial charge in [-0.05, 0) is 140 Å². The third kappa shape index (κ3) is 15.2. The third-order valence-electron chi connectivity index (χ3n) is 23.2. The Morgan fingerprint density at radius 3 is 1.16 bits per heavy atom. The molecule has 8 fully saturated rings. The molecule has 17 rings (SSSR count). The molecule has 4 heterocycles. The van der Waals surface area contributed by atoms with Gasteiger partial charge in [-0.15, -0.1) is 0 Å². The van der Waals surface area contributed by atoms with Gasteiger partial charge in [0.25, 0.3) is 0 Å². The summed E-state index contributed by atoms with van der Waals surface area (Å²) >= 11 is 0. The summed E-state index contributed by atoms with van der Waals surface area (Å²) in [6.07, 6.45) is -5.20. The van der Waals surface area contributed by atoms with Crippen LogP contribution in [0.3, 0.4) is 0 Å². The van der Waals surface area contributed by atoms with Gasteiger partial charge < -0.3 is 65.7 Å². The molecule has 18 heteroatoms. The molecule has 4 saturated heterocycles. The topological polar surface area (TPSA) is 129 Å². The second-order valence-corrected chi connectivity index (χ2v) is 40.9. The molecule has 0 amide bonds. The zero-order valence-corrected chi connectivity index (χ0v) is 64.5. The molecule has 0 N–H and O–H groups in total. The first-order chi connectivity index (χ1) is 52.4. The van der Waals surface area contributed by atoms with E-state index in [4.69, 9.17) is 65.7 Å². The minimum atomic E-state index is -3.25. The lowest BCUT2D eigenvalue weighted by Gasteiger charge is -2.58. The molecule has 4 bridgehead atoms. The number of ether oxygens (including phenoxy) is 12. The molecule has 0 aromatic heterocycles. The SMILES string of the molecule is COc1ccc(CO[C@@H]2[C@H](O[C@@H]3[C@H](OC45CC6CC(CC(C6)C4)C5)O[C@@H]4CO[C@@H](c5ccccc5)O[C@H]4[C@@H]3OCc3ccc(O[Si](c4ccccc4)(c4ccccc4)C(C)(C)C)c(F)c3)O[C@@H]3CO[C@@H](c4ccccc4)O[C@H]3[C@@H]2OCc2ccc(O[Si](c3ccccc3)(c3ccccc3)C(C)(C)C)c(F)c2)cc1. The molecule has 564 valence electrons. The quantitative estimate of drug-likeness (QED) is 0.0532. The predicted molar refractivity (Wildman–Crippen MR) is 412 cm³/mol. The second-order valence-electron chi connectivity index (χ2n) is 32.5. The Labute approximate surface area is 635 Å². The Hall–Kier alpha value is -7.77. The van der Waals surface area contributed by atoms with E-state index < -0.39 is 118 Å². The zero-order chi connectivity index (χ0) is 74.2. The van der Waals surface area contributed by atoms with E-state index in [0.29, 0.717) is 34.6 Å². The van der Waals surface area contributed by atoms with Crippen LogP contribution in [0.4, 0.5) is 8.78 Å². The van der Waals surface area contributed by atoms with Crippen LogP contribution in [0.1, 0.15) is 120 Å². The minimum Gasteiger partial charge on any atom is -0.532 e. The van der Waals surface area contributed by atoms with Crippen LogP contribution in [0.2, 0.25) is 10.1 Å². The van der Waals surface area contributed by atoms with Gasteiger partial charge in [-0.2, -0.15) is 0 Å². The highest BCUT2D eigenvalue weighted by Gasteiger charge is 2.61. The lowest BCUT2D eigenvalue weighted by atomic mass is 9.54. The second kappa shape index (κ2) is 31.5. The number of hydrogen-bond donors (Lipinski definition) is 0. The molecule has 108 heavy (non-hydrogen) atoms. The highest BCUT2D eigenvalue weighted by molar-refractivity contribution is 7.00. The summed E-state index contributed by atoms with van der Waals surface area (Å²) in [6, 6.07) is 78.2. The van der Waals surface area contributed by atoms with Crippen molar-refractivity contribution in [2.24, 2.45) is 17.8 Å². The fraction of sp³-hybridized carbons (Fsp3) is 0.400. The Kier molecular flexibility index (Phi) is 21.7. The van der Waals surface area contributed by atoms with Crippen molar-refractivity contribution in [2.75, 3.05) is 20.3 Å². The van der Waals surface area contributed by atoms with E-state index >= 15 is 8.78 Å². The maximum atomic E-state index is 17.6. The van der Waals surface area contributed by atoms with Crippen molar-refractivity contribution < 1.29 is 74.5 Å². The van der Waals surface area contributed by atoms with Gasteiger partial charge in [0.15, 0.2) is 36.8 Å². The molecule has 4 aliphatic carbocycles. The van der Waals surface area contributed by atoms with Gasteiger partial charge in [0.1, 0.15) is 66.1 Å². The summed E-state index contributed by atoms with van der Waals surface area (Å²) in [4.78, 5) is 0. The maximum absolute atomic E-state index is 17.6. The average molecular weight is 1500 g/mol. The van der Waals surface area contributed by atoms with E-state index in [1.807, 2.05) is 170 Å². The van der Waals surface area contributed by atoms with E-state index in [9.17, 15) is 0 Å². The van der Waals surface area contributed by atoms with Gasteiger partial charge in [0, 0.05) is 11.1 Å². The van der Waals surface area contributed by atoms with Crippen molar-refractivity contribution in [1.29, 1.82) is 0 Å². The highest BCUT2D eigenvalue weighted by Crippen LogP contribution is 2.58. The molecule has 0 unspecified atom stereocenters. The van der Waals surface area contributed by atoms with Crippen molar-refractivity contribution in [2.45, 2.75) is 190 Å². The Bertz CT molecular complexity index is 4330. The molecular weight excluding hydrogens is 1400 g/mol. The van der Waals surface area contributed by atoms with E-state index in [1.54, 1.807) is 19.2 Å². The first-order valence-corrected chi connectivity index (χ1v) is 42.2. The predicted octanol–water partition coefficient (Wildman–Crippen LogP) is 16.0. The minimum absolute atomic E-state index is 0.0657. The summed E-state index contributed by atoms with van der Waals surface area (Å²) in [6.45, 7) is 13.1. The smallest absolute Gasteiger partial charge is 0.320 e. The number of halogens is 2. The van der Waals surface area contributed by atoms with Gasteiger partial charge in [-0.25, -0.2) is 8.78 Å². The molecule has 0 radical (unpaired) electrons. The van der Waals surface area contributed by atoms with Gasteiger partial charge in [0.2, 0.25) is 0 Å². The van der Waals surface area contributed by atoms with Gasteiger partial charge in [0.05, 0.1) is 45.7 Å². The van der Waals surface area contributed by atoms with E-state index in [1.165, 1.54) is 31.4 Å². The standard InChI is InChI=1S/C90H98F2O14Si2/c1-88(2,3)107(68-30-18-10-19-31-68,69-32-20-11-21-33-69)105-74-44-40-60(49-72(74)91)55-94-80-78-76(57-97-84(101-78)65-26-14-8-15-27-65)99-86(82(80)96-54-59-38-42-67(93-7)43-39-59)103-83-81(95-56-61-41-45-75(73(92)50-61)106-108(89(4,5)6,70-34-22-12-23-35-70)71-36-24-13-25-37-71)79-77(58-98-85(102-79)66-28-16-9-17-29-66)100-87(83)104-90-51-62-46-63(52-90)48-64(47-62)53-90/h8-45,49-50,62-64,76-87H,46-48,51-58H2,1-7H3/t62?,63?,64?,76-,77-,78-,79-,80+,81+,82+,83+,84-,85-,86+,87+,90?/m1/s1. The molecule has 14 nitrogen and oxygen atoms in total. The molecular formula is C90H98F2O14Si2. The number of rotatable bonds is 24. The normalized spacial score (nSPS) is 28.3. The molecule has 4 saturated carbocycles. The lowest BCUT2D eigenvalue weighted by Crippen LogP contribution is -2.69. The molecule has 12 atom stereocenters. The fourth-order valence-corrected chi connectivity index (χ4v) is 27.3. The van der Waals surface area contributed by atoms with E-state index in [-0.39, 0.29) is 44.5 Å². The zero-order valence-electron chi connectivity index (χ0n) is 62.5. The van der Waals surface area contributed by atoms with Crippen LogP contribution in [0.15, 0.2) is 243 Å². The van der Waals surface area contributed by atoms with Crippen molar-refractivity contribution >= 4 is 37.4 Å². The summed E-state index contributed by atoms with van der Waals surface area (Å²) in [5.74, 6) is 1.45. The molecule has 9 aromatic rings. The van der Waals surface area contributed by atoms with Crippen molar-refractivity contribution in [3.63, 3.8) is 0 Å². The number of hydrogen-bond acceptors (Lipinski definition) is 14. The van der Waals surface area contributed by atoms with Crippen molar-refractivity contribution in [3.8, 4) is 17.2 Å². The largest absolute Gasteiger partial charge is 0.532 e. The van der Waals surface area contributed by atoms with Crippen LogP contribution < -0.4 is 34.3 Å². The van der Waals surface area contributed by atoms with Gasteiger partial charge in [-0.1, -0.05) is 248 Å². The molecule has 8 aliphatic rings. The van der Waals surface area contributed by atoms with Crippen LogP contribution in [0, 0.1) is 29.4 Å². The van der Waals surface area contributed by atoms with Crippen LogP contribution in [-0.4, -0.2) is 104 Å². The number of benzene rings is 9. The highest BCUT2D eigenvalue weighted by atomic mass is 28.4. The fourth-order valence-electron chi connectivity index (χ4n) is 18.5.